The first-order valence-electron chi connectivity index (χ1n) is 5.19. The molecule has 0 radical (unpaired) electrons. The van der Waals surface area contributed by atoms with E-state index in [0.717, 1.165) is 12.1 Å². The molecule has 18 heavy (non-hydrogen) atoms. The van der Waals surface area contributed by atoms with E-state index in [9.17, 15) is 22.7 Å². The molecule has 0 saturated carbocycles. The van der Waals surface area contributed by atoms with Gasteiger partial charge in [-0.25, -0.2) is 12.8 Å². The van der Waals surface area contributed by atoms with E-state index < -0.39 is 39.9 Å². The van der Waals surface area contributed by atoms with Crippen LogP contribution in [-0.2, 0) is 14.6 Å². The molecule has 0 aromatic heterocycles. The molecular weight excluding hydrogens is 263 g/mol. The highest BCUT2D eigenvalue weighted by atomic mass is 32.2. The van der Waals surface area contributed by atoms with Gasteiger partial charge in [0, 0.05) is 0 Å². The molecular formula is C11H13FO5S. The lowest BCUT2D eigenvalue weighted by Crippen LogP contribution is -2.18. The number of hydrogen-bond acceptors (Lipinski definition) is 4. The molecule has 2 N–H and O–H groups in total. The van der Waals surface area contributed by atoms with Crippen LogP contribution in [0.15, 0.2) is 29.2 Å². The average Bonchev–Trinajstić information content (AvgIpc) is 2.26. The molecule has 0 aliphatic heterocycles. The fraction of sp³-hybridized carbons (Fsp3) is 0.364. The van der Waals surface area contributed by atoms with Crippen molar-refractivity contribution in [3.8, 4) is 0 Å². The third kappa shape index (κ3) is 4.42. The average molecular weight is 276 g/mol. The molecule has 1 rings (SSSR count). The normalized spacial score (nSPS) is 13.2. The van der Waals surface area contributed by atoms with E-state index in [4.69, 9.17) is 5.11 Å². The number of hydrogen-bond donors (Lipinski definition) is 2. The second-order valence-electron chi connectivity index (χ2n) is 3.82. The summed E-state index contributed by atoms with van der Waals surface area (Å²) in [6.45, 7) is 0. The van der Waals surface area contributed by atoms with Crippen molar-refractivity contribution in [2.75, 3.05) is 5.75 Å². The highest BCUT2D eigenvalue weighted by Gasteiger charge is 2.18. The van der Waals surface area contributed by atoms with Crippen LogP contribution in [-0.4, -0.2) is 36.5 Å². The molecule has 0 heterocycles. The van der Waals surface area contributed by atoms with Crippen molar-refractivity contribution in [2.24, 2.45) is 0 Å². The summed E-state index contributed by atoms with van der Waals surface area (Å²) in [7, 11) is -3.71. The first-order chi connectivity index (χ1) is 8.31. The third-order valence-electron chi connectivity index (χ3n) is 2.29. The van der Waals surface area contributed by atoms with Crippen molar-refractivity contribution in [3.05, 3.63) is 30.1 Å². The summed E-state index contributed by atoms with van der Waals surface area (Å²) in [5.74, 6) is -2.29. The van der Waals surface area contributed by atoms with E-state index in [0.29, 0.717) is 0 Å². The van der Waals surface area contributed by atoms with Crippen molar-refractivity contribution in [1.82, 2.24) is 0 Å². The number of rotatable bonds is 6. The molecule has 1 aromatic carbocycles. The molecule has 5 nitrogen and oxygen atoms in total. The Hall–Kier alpha value is -1.47. The Kier molecular flexibility index (Phi) is 4.80. The highest BCUT2D eigenvalue weighted by Crippen LogP contribution is 2.14. The Bertz CT molecular complexity index is 526. The van der Waals surface area contributed by atoms with E-state index in [2.05, 4.69) is 0 Å². The fourth-order valence-corrected chi connectivity index (χ4v) is 2.77. The summed E-state index contributed by atoms with van der Waals surface area (Å²) in [6.07, 6.45) is -1.95. The Morgan fingerprint density at radius 1 is 1.39 bits per heavy atom. The number of carboxylic acid groups (broad SMARTS) is 1. The minimum atomic E-state index is -3.71. The molecule has 0 aliphatic carbocycles. The van der Waals surface area contributed by atoms with Gasteiger partial charge in [-0.15, -0.1) is 0 Å². The molecule has 7 heteroatoms. The van der Waals surface area contributed by atoms with Gasteiger partial charge in [0.2, 0.25) is 0 Å². The van der Waals surface area contributed by atoms with E-state index in [1.165, 1.54) is 12.1 Å². The van der Waals surface area contributed by atoms with Gasteiger partial charge >= 0.3 is 5.97 Å². The van der Waals surface area contributed by atoms with Gasteiger partial charge in [-0.1, -0.05) is 6.07 Å². The second kappa shape index (κ2) is 5.92. The monoisotopic (exact) mass is 276 g/mol. The van der Waals surface area contributed by atoms with Crippen LogP contribution in [0.4, 0.5) is 4.39 Å². The second-order valence-corrected chi connectivity index (χ2v) is 5.93. The summed E-state index contributed by atoms with van der Waals surface area (Å²) in [4.78, 5) is 10.1. The van der Waals surface area contributed by atoms with Gasteiger partial charge in [0.25, 0.3) is 0 Å². The molecule has 0 fully saturated rings. The summed E-state index contributed by atoms with van der Waals surface area (Å²) >= 11 is 0. The minimum absolute atomic E-state index is 0.176. The molecule has 1 atom stereocenters. The molecule has 0 amide bonds. The quantitative estimate of drug-likeness (QED) is 0.802. The largest absolute Gasteiger partial charge is 0.481 e. The predicted molar refractivity (Wildman–Crippen MR) is 61.3 cm³/mol. The van der Waals surface area contributed by atoms with Crippen LogP contribution in [0.5, 0.6) is 0 Å². The van der Waals surface area contributed by atoms with Crippen LogP contribution in [0.1, 0.15) is 12.8 Å². The first kappa shape index (κ1) is 14.6. The number of aliphatic hydroxyl groups is 1. The van der Waals surface area contributed by atoms with Crippen LogP contribution in [0, 0.1) is 5.82 Å². The number of halogens is 1. The molecule has 100 valence electrons. The van der Waals surface area contributed by atoms with E-state index in [1.807, 2.05) is 0 Å². The zero-order chi connectivity index (χ0) is 13.8. The number of aliphatic carboxylic acids is 1. The minimum Gasteiger partial charge on any atom is -0.481 e. The molecule has 1 aromatic rings. The Morgan fingerprint density at radius 3 is 2.61 bits per heavy atom. The van der Waals surface area contributed by atoms with Gasteiger partial charge in [-0.3, -0.25) is 4.79 Å². The maximum atomic E-state index is 12.9. The van der Waals surface area contributed by atoms with Crippen LogP contribution in [0.2, 0.25) is 0 Å². The maximum absolute atomic E-state index is 12.9. The zero-order valence-electron chi connectivity index (χ0n) is 9.41. The number of carboxylic acids is 1. The van der Waals surface area contributed by atoms with Crippen molar-refractivity contribution >= 4 is 15.8 Å². The van der Waals surface area contributed by atoms with Crippen molar-refractivity contribution in [2.45, 2.75) is 23.8 Å². The Labute approximate surface area is 104 Å². The smallest absolute Gasteiger partial charge is 0.305 e. The first-order valence-corrected chi connectivity index (χ1v) is 6.84. The van der Waals surface area contributed by atoms with E-state index in [1.54, 1.807) is 0 Å². The third-order valence-corrected chi connectivity index (χ3v) is 4.03. The topological polar surface area (TPSA) is 91.7 Å². The molecule has 0 aliphatic rings. The van der Waals surface area contributed by atoms with Gasteiger partial charge in [-0.2, -0.15) is 0 Å². The van der Waals surface area contributed by atoms with Gasteiger partial charge in [0.05, 0.1) is 23.2 Å². The van der Waals surface area contributed by atoms with Gasteiger partial charge < -0.3 is 10.2 Å². The lowest BCUT2D eigenvalue weighted by Gasteiger charge is -2.08. The predicted octanol–water partition coefficient (Wildman–Crippen LogP) is 0.825. The Morgan fingerprint density at radius 2 is 2.06 bits per heavy atom. The summed E-state index contributed by atoms with van der Waals surface area (Å²) in [5.41, 5.74) is 0. The highest BCUT2D eigenvalue weighted by molar-refractivity contribution is 7.91. The zero-order valence-corrected chi connectivity index (χ0v) is 10.2. The maximum Gasteiger partial charge on any atom is 0.305 e. The summed E-state index contributed by atoms with van der Waals surface area (Å²) in [6, 6.07) is 4.54. The molecule has 0 bridgehead atoms. The lowest BCUT2D eigenvalue weighted by molar-refractivity contribution is -0.139. The van der Waals surface area contributed by atoms with Gasteiger partial charge in [0.15, 0.2) is 9.84 Å². The van der Waals surface area contributed by atoms with Crippen LogP contribution >= 0.6 is 0 Å². The number of sulfone groups is 1. The SMILES string of the molecule is O=C(O)CC(O)CCS(=O)(=O)c1cccc(F)c1. The summed E-state index contributed by atoms with van der Waals surface area (Å²) in [5, 5.41) is 17.7. The summed E-state index contributed by atoms with van der Waals surface area (Å²) < 4.78 is 36.4. The van der Waals surface area contributed by atoms with Crippen LogP contribution in [0.25, 0.3) is 0 Å². The number of aliphatic hydroxyl groups excluding tert-OH is 1. The lowest BCUT2D eigenvalue weighted by atomic mass is 10.2. The van der Waals surface area contributed by atoms with Crippen LogP contribution in [0.3, 0.4) is 0 Å². The Balaban J connectivity index is 2.68. The van der Waals surface area contributed by atoms with Crippen LogP contribution < -0.4 is 0 Å². The van der Waals surface area contributed by atoms with Crippen molar-refractivity contribution in [3.63, 3.8) is 0 Å². The number of benzene rings is 1. The van der Waals surface area contributed by atoms with Gasteiger partial charge in [0.1, 0.15) is 5.82 Å². The van der Waals surface area contributed by atoms with Gasteiger partial charge in [-0.05, 0) is 24.6 Å². The van der Waals surface area contributed by atoms with Crippen molar-refractivity contribution < 1.29 is 27.8 Å². The molecule has 0 spiro atoms. The standard InChI is InChI=1S/C11H13FO5S/c12-8-2-1-3-10(6-8)18(16,17)5-4-9(13)7-11(14)15/h1-3,6,9,13H,4-5,7H2,(H,14,15). The molecule has 1 unspecified atom stereocenters. The number of carbonyl (C=O) groups is 1. The van der Waals surface area contributed by atoms with Crippen molar-refractivity contribution in [1.29, 1.82) is 0 Å². The molecule has 0 saturated heterocycles. The van der Waals surface area contributed by atoms with E-state index >= 15 is 0 Å². The fourth-order valence-electron chi connectivity index (χ4n) is 1.37. The van der Waals surface area contributed by atoms with E-state index in [-0.39, 0.29) is 11.3 Å².